The molecule has 8 nitrogen and oxygen atoms in total. The number of piperidine rings is 1. The van der Waals surface area contributed by atoms with Crippen LogP contribution >= 0.6 is 12.2 Å². The largest absolute Gasteiger partial charge is 0.495 e. The highest BCUT2D eigenvalue weighted by Crippen LogP contribution is 2.36. The van der Waals surface area contributed by atoms with E-state index >= 15 is 4.39 Å². The highest BCUT2D eigenvalue weighted by Gasteiger charge is 2.41. The van der Waals surface area contributed by atoms with Gasteiger partial charge in [0, 0.05) is 13.1 Å². The molecule has 2 aliphatic rings. The molecule has 1 atom stereocenters. The molecule has 2 aromatic rings. The molecule has 2 heterocycles. The number of nitrogens with one attached hydrogen (secondary N) is 2. The van der Waals surface area contributed by atoms with E-state index in [2.05, 4.69) is 15.5 Å². The summed E-state index contributed by atoms with van der Waals surface area (Å²) in [5, 5.41) is 6.34. The molecule has 35 heavy (non-hydrogen) atoms. The van der Waals surface area contributed by atoms with Gasteiger partial charge in [-0.25, -0.2) is 15.8 Å². The molecule has 0 radical (unpaired) electrons. The Hall–Kier alpha value is -3.58. The lowest BCUT2D eigenvalue weighted by Gasteiger charge is -2.36. The number of para-hydroxylation sites is 2. The molecule has 0 unspecified atom stereocenters. The van der Waals surface area contributed by atoms with Gasteiger partial charge in [0.2, 0.25) is 0 Å². The summed E-state index contributed by atoms with van der Waals surface area (Å²) in [6, 6.07) is 12.3. The number of methoxy groups -OCH3 is 1. The fourth-order valence-electron chi connectivity index (χ4n) is 4.40. The van der Waals surface area contributed by atoms with E-state index in [1.165, 1.54) is 11.0 Å². The minimum Gasteiger partial charge on any atom is -0.495 e. The van der Waals surface area contributed by atoms with Crippen LogP contribution in [-0.4, -0.2) is 56.1 Å². The van der Waals surface area contributed by atoms with Crippen molar-refractivity contribution in [3.63, 3.8) is 0 Å². The number of carbonyl (C=O) groups excluding carboxylic acids is 1. The van der Waals surface area contributed by atoms with Crippen molar-refractivity contribution in [2.45, 2.75) is 31.5 Å². The van der Waals surface area contributed by atoms with E-state index < -0.39 is 17.6 Å². The maximum Gasteiger partial charge on any atom is 0.414 e. The minimum absolute atomic E-state index is 0.319. The standard InChI is InChI=1S/C25H28FN5O3S/c1-17(35)28-15-19-16-31(24(32)34-19)18-8-9-22(20(26)14-18)30-12-10-25(27-2,11-13-30)29-21-6-4-5-7-23(21)33-3/h4-9,14,19,29H,10-13,15-16H2,1,3H3,(H,28,35)/t19-/m0/s1. The van der Waals surface area contributed by atoms with Gasteiger partial charge in [-0.15, -0.1) is 0 Å². The number of ether oxygens (including phenoxy) is 2. The van der Waals surface area contributed by atoms with Gasteiger partial charge in [-0.3, -0.25) is 9.74 Å². The van der Waals surface area contributed by atoms with E-state index in [0.29, 0.717) is 61.1 Å². The van der Waals surface area contributed by atoms with E-state index in [1.54, 1.807) is 26.2 Å². The molecule has 2 N–H and O–H groups in total. The summed E-state index contributed by atoms with van der Waals surface area (Å²) < 4.78 is 25.9. The number of hydrogen-bond donors (Lipinski definition) is 2. The maximum absolute atomic E-state index is 15.1. The van der Waals surface area contributed by atoms with Crippen LogP contribution in [0.2, 0.25) is 0 Å². The highest BCUT2D eigenvalue weighted by molar-refractivity contribution is 7.80. The van der Waals surface area contributed by atoms with Crippen LogP contribution in [0.25, 0.3) is 4.85 Å². The van der Waals surface area contributed by atoms with Gasteiger partial charge in [0.1, 0.15) is 17.7 Å². The van der Waals surface area contributed by atoms with Crippen molar-refractivity contribution in [3.05, 3.63) is 59.7 Å². The van der Waals surface area contributed by atoms with Gasteiger partial charge in [0.05, 0.1) is 55.1 Å². The average molecular weight is 498 g/mol. The summed E-state index contributed by atoms with van der Waals surface area (Å²) in [6.45, 7) is 11.3. The number of benzene rings is 2. The summed E-state index contributed by atoms with van der Waals surface area (Å²) >= 11 is 5.00. The van der Waals surface area contributed by atoms with E-state index in [0.717, 1.165) is 5.69 Å². The van der Waals surface area contributed by atoms with Crippen LogP contribution < -0.4 is 25.2 Å². The molecule has 2 aromatic carbocycles. The molecule has 184 valence electrons. The van der Waals surface area contributed by atoms with E-state index in [9.17, 15) is 4.79 Å². The van der Waals surface area contributed by atoms with Gasteiger partial charge in [0.25, 0.3) is 0 Å². The molecule has 0 spiro atoms. The third-order valence-electron chi connectivity index (χ3n) is 6.32. The first kappa shape index (κ1) is 24.5. The van der Waals surface area contributed by atoms with Gasteiger partial charge in [-0.05, 0) is 37.3 Å². The normalized spacial score (nSPS) is 19.0. The lowest BCUT2D eigenvalue weighted by Crippen LogP contribution is -2.47. The lowest BCUT2D eigenvalue weighted by atomic mass is 9.96. The van der Waals surface area contributed by atoms with Crippen molar-refractivity contribution in [3.8, 4) is 5.75 Å². The maximum atomic E-state index is 15.1. The quantitative estimate of drug-likeness (QED) is 0.433. The van der Waals surface area contributed by atoms with Crippen LogP contribution in [0.15, 0.2) is 42.5 Å². The first-order valence-electron chi connectivity index (χ1n) is 11.4. The van der Waals surface area contributed by atoms with Gasteiger partial charge in [-0.1, -0.05) is 24.4 Å². The molecule has 0 aliphatic carbocycles. The molecule has 10 heteroatoms. The average Bonchev–Trinajstić information content (AvgIpc) is 3.24. The summed E-state index contributed by atoms with van der Waals surface area (Å²) in [7, 11) is 1.60. The Labute approximate surface area is 209 Å². The number of hydrogen-bond acceptors (Lipinski definition) is 6. The number of rotatable bonds is 7. The second-order valence-electron chi connectivity index (χ2n) is 8.64. The Morgan fingerprint density at radius 2 is 2.06 bits per heavy atom. The Morgan fingerprint density at radius 3 is 2.71 bits per heavy atom. The Balaban J connectivity index is 1.42. The minimum atomic E-state index is -0.787. The van der Waals surface area contributed by atoms with Crippen LogP contribution in [0, 0.1) is 12.4 Å². The van der Waals surface area contributed by atoms with Crippen LogP contribution in [0.1, 0.15) is 19.8 Å². The molecular formula is C25H28FN5O3S. The monoisotopic (exact) mass is 497 g/mol. The Morgan fingerprint density at radius 1 is 1.31 bits per heavy atom. The summed E-state index contributed by atoms with van der Waals surface area (Å²) in [6.07, 6.45) is 0.167. The van der Waals surface area contributed by atoms with Crippen LogP contribution in [0.4, 0.5) is 26.2 Å². The van der Waals surface area contributed by atoms with E-state index in [4.69, 9.17) is 28.3 Å². The molecule has 1 amide bonds. The second-order valence-corrected chi connectivity index (χ2v) is 9.26. The predicted molar refractivity (Wildman–Crippen MR) is 138 cm³/mol. The number of carbonyl (C=O) groups is 1. The van der Waals surface area contributed by atoms with Gasteiger partial charge in [-0.2, -0.15) is 0 Å². The molecule has 0 aromatic heterocycles. The second kappa shape index (κ2) is 10.4. The zero-order chi connectivity index (χ0) is 25.0. The Bertz CT molecular complexity index is 1150. The van der Waals surface area contributed by atoms with E-state index in [-0.39, 0.29) is 6.10 Å². The third-order valence-corrected chi connectivity index (χ3v) is 6.46. The fourth-order valence-corrected chi connectivity index (χ4v) is 4.48. The number of cyclic esters (lactones) is 1. The van der Waals surface area contributed by atoms with Crippen molar-refractivity contribution in [1.29, 1.82) is 0 Å². The lowest BCUT2D eigenvalue weighted by molar-refractivity contribution is 0.143. The van der Waals surface area contributed by atoms with Crippen molar-refractivity contribution < 1.29 is 18.7 Å². The molecule has 4 rings (SSSR count). The highest BCUT2D eigenvalue weighted by atomic mass is 32.1. The van der Waals surface area contributed by atoms with Gasteiger partial charge < -0.3 is 25.0 Å². The van der Waals surface area contributed by atoms with Crippen LogP contribution in [0.3, 0.4) is 0 Å². The molecule has 0 saturated carbocycles. The summed E-state index contributed by atoms with van der Waals surface area (Å²) in [5.41, 5.74) is 0.877. The van der Waals surface area contributed by atoms with Crippen LogP contribution in [-0.2, 0) is 4.74 Å². The van der Waals surface area contributed by atoms with Crippen molar-refractivity contribution in [2.24, 2.45) is 0 Å². The SMILES string of the molecule is [C-]#[N+]C1(Nc2ccccc2OC)CCN(c2ccc(N3C[C@H](CNC(C)=S)OC3=O)cc2F)CC1. The predicted octanol–water partition coefficient (Wildman–Crippen LogP) is 4.42. The number of nitrogens with zero attached hydrogens (tertiary/aromatic N) is 3. The number of anilines is 3. The number of halogens is 1. The molecule has 0 bridgehead atoms. The zero-order valence-electron chi connectivity index (χ0n) is 19.7. The van der Waals surface area contributed by atoms with Crippen LogP contribution in [0.5, 0.6) is 5.75 Å². The summed E-state index contributed by atoms with van der Waals surface area (Å²) in [5.74, 6) is 0.259. The third kappa shape index (κ3) is 5.41. The van der Waals surface area contributed by atoms with Crippen molar-refractivity contribution in [1.82, 2.24) is 5.32 Å². The fraction of sp³-hybridized carbons (Fsp3) is 0.400. The zero-order valence-corrected chi connectivity index (χ0v) is 20.5. The molecule has 2 fully saturated rings. The first-order chi connectivity index (χ1) is 16.8. The Kier molecular flexibility index (Phi) is 7.26. The van der Waals surface area contributed by atoms with E-state index in [1.807, 2.05) is 29.2 Å². The molecule has 2 saturated heterocycles. The smallest absolute Gasteiger partial charge is 0.414 e. The molecule has 2 aliphatic heterocycles. The van der Waals surface area contributed by atoms with Crippen molar-refractivity contribution >= 4 is 40.4 Å². The van der Waals surface area contributed by atoms with Gasteiger partial charge >= 0.3 is 11.8 Å². The van der Waals surface area contributed by atoms with Gasteiger partial charge in [0.15, 0.2) is 0 Å². The topological polar surface area (TPSA) is 70.4 Å². The summed E-state index contributed by atoms with van der Waals surface area (Å²) in [4.78, 5) is 20.2. The number of amides is 1. The first-order valence-corrected chi connectivity index (χ1v) is 11.8. The van der Waals surface area contributed by atoms with Crippen molar-refractivity contribution in [2.75, 3.05) is 48.4 Å². The number of thiocarbonyl (C=S) groups is 1. The molecular weight excluding hydrogens is 469 g/mol.